The average molecular weight is 657 g/mol. The summed E-state index contributed by atoms with van der Waals surface area (Å²) >= 11 is 0. The molecule has 8 heteroatoms. The Balaban J connectivity index is 1.25. The number of ether oxygens (including phenoxy) is 3. The van der Waals surface area contributed by atoms with Crippen LogP contribution in [-0.4, -0.2) is 25.5 Å². The summed E-state index contributed by atoms with van der Waals surface area (Å²) in [5.41, 5.74) is 4.57. The number of aromatic hydroxyl groups is 5. The Morgan fingerprint density at radius 3 is 1.06 bits per heavy atom. The largest absolute Gasteiger partial charge is 0.508 e. The van der Waals surface area contributed by atoms with Crippen LogP contribution in [0.5, 0.6) is 46.0 Å². The van der Waals surface area contributed by atoms with Gasteiger partial charge in [0.05, 0.1) is 0 Å². The molecule has 0 heterocycles. The first-order valence-corrected chi connectivity index (χ1v) is 15.7. The van der Waals surface area contributed by atoms with Gasteiger partial charge in [0.15, 0.2) is 0 Å². The maximum Gasteiger partial charge on any atom is 0.119 e. The molecule has 248 valence electrons. The van der Waals surface area contributed by atoms with Crippen LogP contribution in [0.4, 0.5) is 0 Å². The lowest BCUT2D eigenvalue weighted by Gasteiger charge is -2.32. The highest BCUT2D eigenvalue weighted by Gasteiger charge is 2.31. The summed E-state index contributed by atoms with van der Waals surface area (Å²) in [5.74, 6) is 2.02. The van der Waals surface area contributed by atoms with Crippen LogP contribution in [-0.2, 0) is 25.2 Å². The molecule has 0 radical (unpaired) electrons. The van der Waals surface area contributed by atoms with E-state index in [1.807, 2.05) is 78.9 Å². The van der Waals surface area contributed by atoms with Crippen LogP contribution < -0.4 is 14.2 Å². The Morgan fingerprint density at radius 1 is 0.388 bits per heavy atom. The second-order valence-electron chi connectivity index (χ2n) is 11.9. The third-order valence-electron chi connectivity index (χ3n) is 8.35. The standard InChI is InChI=1S/C41H36O8/c1-41(30-5-11-38(12-6-30)47-24-27-3-2-4-33(42)17-27,31-7-13-39(14-8-31)48-25-28-18-34(43)22-35(44)19-28)32-9-15-40(16-10-32)49-26-29-20-36(45)23-37(46)21-29/h2-23,42-46H,24-26H2,1H3. The van der Waals surface area contributed by atoms with Gasteiger partial charge in [0.1, 0.15) is 65.8 Å². The molecule has 6 aromatic rings. The fraction of sp³-hybridized carbons (Fsp3) is 0.122. The summed E-state index contributed by atoms with van der Waals surface area (Å²) < 4.78 is 17.9. The third kappa shape index (κ3) is 8.00. The molecule has 0 saturated carbocycles. The summed E-state index contributed by atoms with van der Waals surface area (Å²) in [7, 11) is 0. The molecular formula is C41H36O8. The molecular weight excluding hydrogens is 620 g/mol. The number of hydrogen-bond donors (Lipinski definition) is 5. The molecule has 0 unspecified atom stereocenters. The predicted molar refractivity (Wildman–Crippen MR) is 186 cm³/mol. The molecule has 0 amide bonds. The van der Waals surface area contributed by atoms with Gasteiger partial charge in [-0.2, -0.15) is 0 Å². The van der Waals surface area contributed by atoms with Crippen LogP contribution in [0, 0.1) is 0 Å². The van der Waals surface area contributed by atoms with E-state index in [1.54, 1.807) is 42.5 Å². The van der Waals surface area contributed by atoms with Crippen LogP contribution in [0.1, 0.15) is 40.3 Å². The molecule has 8 nitrogen and oxygen atoms in total. The summed E-state index contributed by atoms with van der Waals surface area (Å²) in [5, 5.41) is 49.0. The third-order valence-corrected chi connectivity index (χ3v) is 8.35. The predicted octanol–water partition coefficient (Wildman–Crippen LogP) is 8.31. The maximum atomic E-state index is 9.80. The van der Waals surface area contributed by atoms with Crippen LogP contribution in [0.3, 0.4) is 0 Å². The highest BCUT2D eigenvalue weighted by atomic mass is 16.5. The van der Waals surface area contributed by atoms with Gasteiger partial charge in [0.2, 0.25) is 0 Å². The number of hydrogen-bond acceptors (Lipinski definition) is 8. The SMILES string of the molecule is CC(c1ccc(OCc2cccc(O)c2)cc1)(c1ccc(OCc2cc(O)cc(O)c2)cc1)c1ccc(OCc2cc(O)cc(O)c2)cc1. The van der Waals surface area contributed by atoms with E-state index < -0.39 is 5.41 Å². The molecule has 6 rings (SSSR count). The molecule has 0 atom stereocenters. The minimum Gasteiger partial charge on any atom is -0.508 e. The highest BCUT2D eigenvalue weighted by molar-refractivity contribution is 5.52. The van der Waals surface area contributed by atoms with Crippen molar-refractivity contribution in [1.82, 2.24) is 0 Å². The van der Waals surface area contributed by atoms with Crippen molar-refractivity contribution in [2.24, 2.45) is 0 Å². The highest BCUT2D eigenvalue weighted by Crippen LogP contribution is 2.41. The Labute approximate surface area is 284 Å². The molecule has 0 fully saturated rings. The van der Waals surface area contributed by atoms with E-state index in [0.29, 0.717) is 35.0 Å². The van der Waals surface area contributed by atoms with Gasteiger partial charge in [0, 0.05) is 17.5 Å². The first-order chi connectivity index (χ1) is 23.6. The molecule has 0 aromatic heterocycles. The van der Waals surface area contributed by atoms with Crippen LogP contribution in [0.15, 0.2) is 133 Å². The van der Waals surface area contributed by atoms with Gasteiger partial charge in [0.25, 0.3) is 0 Å². The van der Waals surface area contributed by atoms with E-state index in [-0.39, 0.29) is 42.0 Å². The molecule has 0 spiro atoms. The van der Waals surface area contributed by atoms with E-state index in [1.165, 1.54) is 12.1 Å². The Hall–Kier alpha value is -6.28. The molecule has 5 N–H and O–H groups in total. The van der Waals surface area contributed by atoms with Crippen LogP contribution in [0.25, 0.3) is 0 Å². The van der Waals surface area contributed by atoms with E-state index in [2.05, 4.69) is 6.92 Å². The molecule has 0 aliphatic rings. The quantitative estimate of drug-likeness (QED) is 0.0833. The lowest BCUT2D eigenvalue weighted by Crippen LogP contribution is -2.25. The van der Waals surface area contributed by atoms with E-state index >= 15 is 0 Å². The zero-order chi connectivity index (χ0) is 34.4. The van der Waals surface area contributed by atoms with E-state index in [4.69, 9.17) is 14.2 Å². The molecule has 0 aliphatic carbocycles. The number of phenols is 5. The second-order valence-corrected chi connectivity index (χ2v) is 11.9. The fourth-order valence-electron chi connectivity index (χ4n) is 5.78. The van der Waals surface area contributed by atoms with Crippen LogP contribution >= 0.6 is 0 Å². The van der Waals surface area contributed by atoms with Crippen molar-refractivity contribution in [1.29, 1.82) is 0 Å². The number of benzene rings is 6. The first-order valence-electron chi connectivity index (χ1n) is 15.7. The summed E-state index contributed by atoms with van der Waals surface area (Å²) in [6.45, 7) is 2.81. The van der Waals surface area contributed by atoms with Gasteiger partial charge in [-0.25, -0.2) is 0 Å². The summed E-state index contributed by atoms with van der Waals surface area (Å²) in [6.07, 6.45) is 0. The van der Waals surface area contributed by atoms with Gasteiger partial charge >= 0.3 is 0 Å². The lowest BCUT2D eigenvalue weighted by molar-refractivity contribution is 0.304. The van der Waals surface area contributed by atoms with Crippen LogP contribution in [0.2, 0.25) is 0 Å². The Bertz CT molecular complexity index is 1880. The zero-order valence-electron chi connectivity index (χ0n) is 26.8. The van der Waals surface area contributed by atoms with Gasteiger partial charge < -0.3 is 39.7 Å². The second kappa shape index (κ2) is 14.2. The number of rotatable bonds is 12. The van der Waals surface area contributed by atoms with Crippen molar-refractivity contribution in [2.75, 3.05) is 0 Å². The molecule has 0 bridgehead atoms. The molecule has 0 aliphatic heterocycles. The van der Waals surface area contributed by atoms with Crippen molar-refractivity contribution in [2.45, 2.75) is 32.2 Å². The minimum absolute atomic E-state index is 0.0319. The first kappa shape index (κ1) is 32.7. The van der Waals surface area contributed by atoms with E-state index in [9.17, 15) is 25.5 Å². The van der Waals surface area contributed by atoms with Gasteiger partial charge in [-0.1, -0.05) is 48.5 Å². The van der Waals surface area contributed by atoms with Gasteiger partial charge in [-0.3, -0.25) is 0 Å². The average Bonchev–Trinajstić information content (AvgIpc) is 3.08. The molecule has 6 aromatic carbocycles. The lowest BCUT2D eigenvalue weighted by atomic mass is 9.71. The smallest absolute Gasteiger partial charge is 0.119 e. The van der Waals surface area contributed by atoms with Crippen molar-refractivity contribution >= 4 is 0 Å². The maximum absolute atomic E-state index is 9.80. The summed E-state index contributed by atoms with van der Waals surface area (Å²) in [6, 6.07) is 39.3. The molecule has 0 saturated heterocycles. The zero-order valence-corrected chi connectivity index (χ0v) is 26.8. The normalized spacial score (nSPS) is 11.2. The number of phenolic OH excluding ortho intramolecular Hbond substituents is 5. The minimum atomic E-state index is -0.602. The fourth-order valence-corrected chi connectivity index (χ4v) is 5.78. The van der Waals surface area contributed by atoms with Crippen molar-refractivity contribution < 1.29 is 39.7 Å². The van der Waals surface area contributed by atoms with Crippen molar-refractivity contribution in [3.05, 3.63) is 167 Å². The molecule has 49 heavy (non-hydrogen) atoms. The monoisotopic (exact) mass is 656 g/mol. The topological polar surface area (TPSA) is 129 Å². The summed E-state index contributed by atoms with van der Waals surface area (Å²) in [4.78, 5) is 0. The van der Waals surface area contributed by atoms with Gasteiger partial charge in [-0.15, -0.1) is 0 Å². The van der Waals surface area contributed by atoms with Gasteiger partial charge in [-0.05, 0) is 113 Å². The Kier molecular flexibility index (Phi) is 9.48. The Morgan fingerprint density at radius 2 is 0.714 bits per heavy atom. The van der Waals surface area contributed by atoms with Crippen molar-refractivity contribution in [3.8, 4) is 46.0 Å². The van der Waals surface area contributed by atoms with Crippen molar-refractivity contribution in [3.63, 3.8) is 0 Å². The van der Waals surface area contributed by atoms with E-state index in [0.717, 1.165) is 22.3 Å².